The van der Waals surface area contributed by atoms with Crippen LogP contribution in [0.3, 0.4) is 0 Å². The average Bonchev–Trinajstić information content (AvgIpc) is 2.55. The summed E-state index contributed by atoms with van der Waals surface area (Å²) in [7, 11) is 3.11. The van der Waals surface area contributed by atoms with Gasteiger partial charge in [-0.3, -0.25) is 4.79 Å². The Bertz CT molecular complexity index is 704. The van der Waals surface area contributed by atoms with Crippen molar-refractivity contribution in [3.8, 4) is 11.5 Å². The van der Waals surface area contributed by atoms with Crippen molar-refractivity contribution in [3.05, 3.63) is 52.0 Å². The van der Waals surface area contributed by atoms with E-state index in [1.54, 1.807) is 44.6 Å². The maximum Gasteiger partial charge on any atom is 0.224 e. The third-order valence-corrected chi connectivity index (χ3v) is 4.03. The lowest BCUT2D eigenvalue weighted by Crippen LogP contribution is -2.12. The van der Waals surface area contributed by atoms with Crippen LogP contribution in [0, 0.1) is 0 Å². The van der Waals surface area contributed by atoms with Gasteiger partial charge in [0.25, 0.3) is 0 Å². The smallest absolute Gasteiger partial charge is 0.224 e. The Labute approximate surface area is 145 Å². The normalized spacial score (nSPS) is 10.3. The van der Waals surface area contributed by atoms with Crippen LogP contribution in [0.5, 0.6) is 11.5 Å². The van der Waals surface area contributed by atoms with Gasteiger partial charge in [0.05, 0.1) is 24.3 Å². The maximum absolute atomic E-state index is 12.0. The molecule has 4 nitrogen and oxygen atoms in total. The van der Waals surface area contributed by atoms with E-state index in [0.29, 0.717) is 40.1 Å². The average molecular weight is 354 g/mol. The van der Waals surface area contributed by atoms with Crippen LogP contribution in [0.4, 0.5) is 5.69 Å². The van der Waals surface area contributed by atoms with Crippen molar-refractivity contribution in [1.82, 2.24) is 0 Å². The van der Waals surface area contributed by atoms with Gasteiger partial charge < -0.3 is 14.8 Å². The number of hydrogen-bond acceptors (Lipinski definition) is 3. The van der Waals surface area contributed by atoms with Gasteiger partial charge in [-0.1, -0.05) is 29.3 Å². The van der Waals surface area contributed by atoms with Crippen molar-refractivity contribution >= 4 is 34.8 Å². The molecule has 0 aliphatic rings. The predicted molar refractivity (Wildman–Crippen MR) is 93.0 cm³/mol. The van der Waals surface area contributed by atoms with Crippen LogP contribution in [0.25, 0.3) is 0 Å². The van der Waals surface area contributed by atoms with Gasteiger partial charge in [-0.2, -0.15) is 0 Å². The number of carbonyl (C=O) groups excluding carboxylic acids is 1. The monoisotopic (exact) mass is 353 g/mol. The predicted octanol–water partition coefficient (Wildman–Crippen LogP) is 4.58. The third kappa shape index (κ3) is 4.78. The van der Waals surface area contributed by atoms with Crippen LogP contribution in [0.1, 0.15) is 12.0 Å². The molecule has 0 saturated heterocycles. The van der Waals surface area contributed by atoms with E-state index in [0.717, 1.165) is 5.56 Å². The summed E-state index contributed by atoms with van der Waals surface area (Å²) >= 11 is 11.8. The number of methoxy groups -OCH3 is 2. The lowest BCUT2D eigenvalue weighted by Gasteiger charge is -2.10. The van der Waals surface area contributed by atoms with E-state index in [1.165, 1.54) is 0 Å². The molecule has 122 valence electrons. The van der Waals surface area contributed by atoms with Crippen LogP contribution < -0.4 is 14.8 Å². The number of hydrogen-bond donors (Lipinski definition) is 1. The minimum Gasteiger partial charge on any atom is -0.493 e. The standard InChI is InChI=1S/C17H17Cl2NO3/c1-22-15-7-5-12(10-16(15)23-2)20-17(21)8-4-11-3-6-13(18)14(19)9-11/h3,5-7,9-10H,4,8H2,1-2H3,(H,20,21). The molecule has 2 rings (SSSR count). The molecule has 0 aliphatic carbocycles. The number of amides is 1. The molecule has 0 heterocycles. The fourth-order valence-electron chi connectivity index (χ4n) is 2.09. The van der Waals surface area contributed by atoms with E-state index >= 15 is 0 Å². The Morgan fingerprint density at radius 1 is 1.00 bits per heavy atom. The SMILES string of the molecule is COc1ccc(NC(=O)CCc2ccc(Cl)c(Cl)c2)cc1OC. The zero-order valence-corrected chi connectivity index (χ0v) is 14.4. The maximum atomic E-state index is 12.0. The van der Waals surface area contributed by atoms with Crippen LogP contribution in [-0.2, 0) is 11.2 Å². The first-order chi connectivity index (χ1) is 11.0. The van der Waals surface area contributed by atoms with Crippen molar-refractivity contribution in [1.29, 1.82) is 0 Å². The molecule has 0 radical (unpaired) electrons. The molecule has 0 bridgehead atoms. The molecule has 23 heavy (non-hydrogen) atoms. The van der Waals surface area contributed by atoms with Gasteiger partial charge >= 0.3 is 0 Å². The van der Waals surface area contributed by atoms with E-state index in [4.69, 9.17) is 32.7 Å². The number of carbonyl (C=O) groups is 1. The molecule has 2 aromatic rings. The fourth-order valence-corrected chi connectivity index (χ4v) is 2.41. The first-order valence-electron chi connectivity index (χ1n) is 6.99. The van der Waals surface area contributed by atoms with Gasteiger partial charge in [-0.05, 0) is 36.2 Å². The quantitative estimate of drug-likeness (QED) is 0.826. The largest absolute Gasteiger partial charge is 0.493 e. The first-order valence-corrected chi connectivity index (χ1v) is 7.75. The van der Waals surface area contributed by atoms with Crippen LogP contribution >= 0.6 is 23.2 Å². The van der Waals surface area contributed by atoms with Crippen molar-refractivity contribution in [2.24, 2.45) is 0 Å². The second-order valence-electron chi connectivity index (χ2n) is 4.87. The van der Waals surface area contributed by atoms with E-state index in [2.05, 4.69) is 5.32 Å². The zero-order valence-electron chi connectivity index (χ0n) is 12.9. The van der Waals surface area contributed by atoms with Crippen molar-refractivity contribution < 1.29 is 14.3 Å². The molecule has 1 N–H and O–H groups in total. The molecule has 0 unspecified atom stereocenters. The second kappa shape index (κ2) is 8.09. The molecular formula is C17H17Cl2NO3. The summed E-state index contributed by atoms with van der Waals surface area (Å²) in [5.74, 6) is 1.08. The minimum absolute atomic E-state index is 0.0942. The molecule has 0 aromatic heterocycles. The summed E-state index contributed by atoms with van der Waals surface area (Å²) in [5.41, 5.74) is 1.61. The Balaban J connectivity index is 1.95. The van der Waals surface area contributed by atoms with Gasteiger partial charge in [0.15, 0.2) is 11.5 Å². The lowest BCUT2D eigenvalue weighted by atomic mass is 10.1. The van der Waals surface area contributed by atoms with Gasteiger partial charge in [0.2, 0.25) is 5.91 Å². The Kier molecular flexibility index (Phi) is 6.13. The molecule has 0 saturated carbocycles. The molecule has 6 heteroatoms. The highest BCUT2D eigenvalue weighted by Gasteiger charge is 2.08. The van der Waals surface area contributed by atoms with Crippen LogP contribution in [0.2, 0.25) is 10.0 Å². The molecule has 0 spiro atoms. The topological polar surface area (TPSA) is 47.6 Å². The number of benzene rings is 2. The molecule has 0 fully saturated rings. The van der Waals surface area contributed by atoms with Crippen molar-refractivity contribution in [3.63, 3.8) is 0 Å². The summed E-state index contributed by atoms with van der Waals surface area (Å²) in [6, 6.07) is 10.6. The summed E-state index contributed by atoms with van der Waals surface area (Å²) in [5, 5.41) is 3.83. The highest BCUT2D eigenvalue weighted by atomic mass is 35.5. The number of aryl methyl sites for hydroxylation is 1. The second-order valence-corrected chi connectivity index (χ2v) is 5.68. The number of anilines is 1. The van der Waals surface area contributed by atoms with Crippen LogP contribution in [-0.4, -0.2) is 20.1 Å². The zero-order chi connectivity index (χ0) is 16.8. The molecule has 0 aliphatic heterocycles. The minimum atomic E-state index is -0.0942. The molecule has 0 atom stereocenters. The van der Waals surface area contributed by atoms with Gasteiger partial charge in [-0.25, -0.2) is 0 Å². The van der Waals surface area contributed by atoms with Crippen molar-refractivity contribution in [2.45, 2.75) is 12.8 Å². The van der Waals surface area contributed by atoms with Crippen LogP contribution in [0.15, 0.2) is 36.4 Å². The molecular weight excluding hydrogens is 337 g/mol. The van der Waals surface area contributed by atoms with Gasteiger partial charge in [-0.15, -0.1) is 0 Å². The third-order valence-electron chi connectivity index (χ3n) is 3.29. The summed E-state index contributed by atoms with van der Waals surface area (Å²) in [4.78, 5) is 12.0. The molecule has 1 amide bonds. The number of ether oxygens (including phenoxy) is 2. The van der Waals surface area contributed by atoms with Crippen molar-refractivity contribution in [2.75, 3.05) is 19.5 Å². The highest BCUT2D eigenvalue weighted by molar-refractivity contribution is 6.42. The van der Waals surface area contributed by atoms with E-state index in [-0.39, 0.29) is 5.91 Å². The van der Waals surface area contributed by atoms with Gasteiger partial charge in [0, 0.05) is 18.2 Å². The molecule has 2 aromatic carbocycles. The summed E-state index contributed by atoms with van der Waals surface area (Å²) in [6.07, 6.45) is 0.919. The Morgan fingerprint density at radius 2 is 1.74 bits per heavy atom. The lowest BCUT2D eigenvalue weighted by molar-refractivity contribution is -0.116. The first kappa shape index (κ1) is 17.4. The number of halogens is 2. The van der Waals surface area contributed by atoms with E-state index in [1.807, 2.05) is 6.07 Å². The Hall–Kier alpha value is -1.91. The highest BCUT2D eigenvalue weighted by Crippen LogP contribution is 2.29. The number of nitrogens with one attached hydrogen (secondary N) is 1. The van der Waals surface area contributed by atoms with Gasteiger partial charge in [0.1, 0.15) is 0 Å². The Morgan fingerprint density at radius 3 is 2.39 bits per heavy atom. The summed E-state index contributed by atoms with van der Waals surface area (Å²) in [6.45, 7) is 0. The van der Waals surface area contributed by atoms with E-state index < -0.39 is 0 Å². The fraction of sp³-hybridized carbons (Fsp3) is 0.235. The van der Waals surface area contributed by atoms with E-state index in [9.17, 15) is 4.79 Å². The summed E-state index contributed by atoms with van der Waals surface area (Å²) < 4.78 is 10.4. The number of rotatable bonds is 6.